The van der Waals surface area contributed by atoms with E-state index in [4.69, 9.17) is 0 Å². The second-order valence-electron chi connectivity index (χ2n) is 6.23. The Hall–Kier alpha value is -0.570. The van der Waals surface area contributed by atoms with Gasteiger partial charge in [0.2, 0.25) is 5.91 Å². The van der Waals surface area contributed by atoms with Crippen LogP contribution in [0.2, 0.25) is 0 Å². The summed E-state index contributed by atoms with van der Waals surface area (Å²) in [5.74, 6) is 1.53. The molecule has 1 N–H and O–H groups in total. The molecule has 0 radical (unpaired) electrons. The van der Waals surface area contributed by atoms with E-state index in [1.807, 2.05) is 11.9 Å². The van der Waals surface area contributed by atoms with Crippen molar-refractivity contribution < 1.29 is 4.79 Å². The summed E-state index contributed by atoms with van der Waals surface area (Å²) in [6.07, 6.45) is 3.59. The molecule has 0 bridgehead atoms. The molecule has 1 heterocycles. The van der Waals surface area contributed by atoms with Gasteiger partial charge in [0, 0.05) is 19.6 Å². The number of hydrogen-bond acceptors (Lipinski definition) is 2. The molecule has 1 aliphatic heterocycles. The Balaban J connectivity index is 2.10. The van der Waals surface area contributed by atoms with E-state index in [1.54, 1.807) is 0 Å². The zero-order chi connectivity index (χ0) is 12.6. The van der Waals surface area contributed by atoms with E-state index in [-0.39, 0.29) is 5.41 Å². The first-order valence-electron chi connectivity index (χ1n) is 6.97. The van der Waals surface area contributed by atoms with Crippen LogP contribution in [0.4, 0.5) is 0 Å². The Morgan fingerprint density at radius 3 is 2.41 bits per heavy atom. The van der Waals surface area contributed by atoms with Crippen molar-refractivity contribution in [2.24, 2.45) is 17.3 Å². The number of rotatable bonds is 4. The molecule has 2 atom stereocenters. The average molecular weight is 238 g/mol. The molecule has 1 aliphatic carbocycles. The molecule has 17 heavy (non-hydrogen) atoms. The standard InChI is InChI=1S/C14H26N2O/c1-10(2)14(7-8-15-9-14)13(17)16(4)11(3)12-5-6-12/h10-12,15H,5-9H2,1-4H3. The van der Waals surface area contributed by atoms with Gasteiger partial charge in [-0.1, -0.05) is 13.8 Å². The van der Waals surface area contributed by atoms with Gasteiger partial charge >= 0.3 is 0 Å². The maximum Gasteiger partial charge on any atom is 0.230 e. The molecule has 0 spiro atoms. The highest BCUT2D eigenvalue weighted by atomic mass is 16.2. The van der Waals surface area contributed by atoms with Crippen LogP contribution in [0.5, 0.6) is 0 Å². The summed E-state index contributed by atoms with van der Waals surface area (Å²) in [5, 5.41) is 3.37. The Morgan fingerprint density at radius 1 is 1.35 bits per heavy atom. The number of hydrogen-bond donors (Lipinski definition) is 1. The molecule has 2 fully saturated rings. The van der Waals surface area contributed by atoms with Crippen molar-refractivity contribution in [2.45, 2.75) is 46.1 Å². The van der Waals surface area contributed by atoms with E-state index in [0.29, 0.717) is 17.9 Å². The smallest absolute Gasteiger partial charge is 0.230 e. The average Bonchev–Trinajstić information content (AvgIpc) is 3.03. The molecule has 2 aliphatic rings. The van der Waals surface area contributed by atoms with Crippen molar-refractivity contribution in [1.29, 1.82) is 0 Å². The van der Waals surface area contributed by atoms with E-state index >= 15 is 0 Å². The van der Waals surface area contributed by atoms with Crippen LogP contribution in [0.1, 0.15) is 40.0 Å². The fourth-order valence-electron chi connectivity index (χ4n) is 3.06. The molecular weight excluding hydrogens is 212 g/mol. The second kappa shape index (κ2) is 4.60. The van der Waals surface area contributed by atoms with E-state index in [0.717, 1.165) is 25.4 Å². The largest absolute Gasteiger partial charge is 0.342 e. The molecule has 0 aromatic heterocycles. The van der Waals surface area contributed by atoms with Crippen LogP contribution in [0.25, 0.3) is 0 Å². The minimum Gasteiger partial charge on any atom is -0.342 e. The monoisotopic (exact) mass is 238 g/mol. The van der Waals surface area contributed by atoms with Gasteiger partial charge in [0.15, 0.2) is 0 Å². The predicted molar refractivity (Wildman–Crippen MR) is 69.7 cm³/mol. The highest BCUT2D eigenvalue weighted by Crippen LogP contribution is 2.40. The van der Waals surface area contributed by atoms with Crippen LogP contribution in [-0.2, 0) is 4.79 Å². The lowest BCUT2D eigenvalue weighted by atomic mass is 9.75. The van der Waals surface area contributed by atoms with Gasteiger partial charge in [-0.3, -0.25) is 4.79 Å². The normalized spacial score (nSPS) is 30.6. The van der Waals surface area contributed by atoms with Crippen LogP contribution in [0, 0.1) is 17.3 Å². The van der Waals surface area contributed by atoms with Gasteiger partial charge in [0.05, 0.1) is 5.41 Å². The van der Waals surface area contributed by atoms with Gasteiger partial charge in [0.1, 0.15) is 0 Å². The van der Waals surface area contributed by atoms with Crippen LogP contribution >= 0.6 is 0 Å². The highest BCUT2D eigenvalue weighted by molar-refractivity contribution is 5.83. The zero-order valence-electron chi connectivity index (χ0n) is 11.6. The molecule has 2 unspecified atom stereocenters. The first-order valence-corrected chi connectivity index (χ1v) is 6.97. The SMILES string of the molecule is CC(C1CC1)N(C)C(=O)C1(C(C)C)CCNC1. The number of carbonyl (C=O) groups is 1. The highest BCUT2D eigenvalue weighted by Gasteiger charge is 2.47. The van der Waals surface area contributed by atoms with Crippen LogP contribution in [-0.4, -0.2) is 37.0 Å². The lowest BCUT2D eigenvalue weighted by Crippen LogP contribution is -2.50. The Bertz CT molecular complexity index is 291. The summed E-state index contributed by atoms with van der Waals surface area (Å²) in [5.41, 5.74) is -0.155. The third-order valence-corrected chi connectivity index (χ3v) is 4.95. The summed E-state index contributed by atoms with van der Waals surface area (Å²) in [7, 11) is 1.99. The molecule has 3 heteroatoms. The van der Waals surface area contributed by atoms with E-state index < -0.39 is 0 Å². The summed E-state index contributed by atoms with van der Waals surface area (Å²) in [6.45, 7) is 8.40. The number of carbonyl (C=O) groups excluding carboxylic acids is 1. The summed E-state index contributed by atoms with van der Waals surface area (Å²) in [4.78, 5) is 14.8. The van der Waals surface area contributed by atoms with Crippen LogP contribution in [0.3, 0.4) is 0 Å². The van der Waals surface area contributed by atoms with Gasteiger partial charge in [-0.05, 0) is 44.6 Å². The maximum atomic E-state index is 12.8. The molecule has 1 saturated heterocycles. The lowest BCUT2D eigenvalue weighted by molar-refractivity contribution is -0.144. The van der Waals surface area contributed by atoms with Crippen molar-refractivity contribution in [3.8, 4) is 0 Å². The lowest BCUT2D eigenvalue weighted by Gasteiger charge is -2.37. The van der Waals surface area contributed by atoms with Crippen molar-refractivity contribution >= 4 is 5.91 Å². The topological polar surface area (TPSA) is 32.3 Å². The molecule has 3 nitrogen and oxygen atoms in total. The molecular formula is C14H26N2O. The molecule has 2 rings (SSSR count). The van der Waals surface area contributed by atoms with Crippen molar-refractivity contribution in [1.82, 2.24) is 10.2 Å². The number of amides is 1. The number of nitrogens with one attached hydrogen (secondary N) is 1. The van der Waals surface area contributed by atoms with Gasteiger partial charge in [-0.2, -0.15) is 0 Å². The van der Waals surface area contributed by atoms with E-state index in [2.05, 4.69) is 26.1 Å². The third kappa shape index (κ3) is 2.22. The summed E-state index contributed by atoms with van der Waals surface area (Å²) >= 11 is 0. The van der Waals surface area contributed by atoms with E-state index in [1.165, 1.54) is 12.8 Å². The molecule has 98 valence electrons. The minimum absolute atomic E-state index is 0.155. The fourth-order valence-corrected chi connectivity index (χ4v) is 3.06. The first-order chi connectivity index (χ1) is 7.99. The molecule has 1 saturated carbocycles. The third-order valence-electron chi connectivity index (χ3n) is 4.95. The molecule has 0 aromatic rings. The summed E-state index contributed by atoms with van der Waals surface area (Å²) in [6, 6.07) is 0.415. The Kier molecular flexibility index (Phi) is 3.48. The summed E-state index contributed by atoms with van der Waals surface area (Å²) < 4.78 is 0. The fraction of sp³-hybridized carbons (Fsp3) is 0.929. The quantitative estimate of drug-likeness (QED) is 0.811. The van der Waals surface area contributed by atoms with Gasteiger partial charge in [0.25, 0.3) is 0 Å². The number of nitrogens with zero attached hydrogens (tertiary/aromatic N) is 1. The van der Waals surface area contributed by atoms with E-state index in [9.17, 15) is 4.79 Å². The molecule has 0 aromatic carbocycles. The van der Waals surface area contributed by atoms with Crippen molar-refractivity contribution in [2.75, 3.05) is 20.1 Å². The predicted octanol–water partition coefficient (Wildman–Crippen LogP) is 1.88. The van der Waals surface area contributed by atoms with Crippen molar-refractivity contribution in [3.63, 3.8) is 0 Å². The Morgan fingerprint density at radius 2 is 2.00 bits per heavy atom. The van der Waals surface area contributed by atoms with Gasteiger partial charge < -0.3 is 10.2 Å². The van der Waals surface area contributed by atoms with Crippen molar-refractivity contribution in [3.05, 3.63) is 0 Å². The minimum atomic E-state index is -0.155. The van der Waals surface area contributed by atoms with Crippen LogP contribution < -0.4 is 5.32 Å². The maximum absolute atomic E-state index is 12.8. The first kappa shape index (κ1) is 12.9. The van der Waals surface area contributed by atoms with Gasteiger partial charge in [-0.25, -0.2) is 0 Å². The van der Waals surface area contributed by atoms with Gasteiger partial charge in [-0.15, -0.1) is 0 Å². The Labute approximate surface area is 105 Å². The zero-order valence-corrected chi connectivity index (χ0v) is 11.6. The molecule has 1 amide bonds. The second-order valence-corrected chi connectivity index (χ2v) is 6.23. The van der Waals surface area contributed by atoms with Crippen LogP contribution in [0.15, 0.2) is 0 Å².